The topological polar surface area (TPSA) is 442 Å². The zero-order chi connectivity index (χ0) is 101. The Labute approximate surface area is 836 Å². The fourth-order valence-electron chi connectivity index (χ4n) is 18.7. The number of aromatic hydroxyl groups is 1. The number of nitrogens with zero attached hydrogens (tertiary/aromatic N) is 9. The molecule has 7 aliphatic heterocycles. The zero-order valence-corrected chi connectivity index (χ0v) is 84.7. The van der Waals surface area contributed by atoms with Crippen LogP contribution in [0.4, 0.5) is 0 Å². The van der Waals surface area contributed by atoms with Gasteiger partial charge in [-0.25, -0.2) is 15.0 Å². The third kappa shape index (κ3) is 24.2. The van der Waals surface area contributed by atoms with E-state index >= 15 is 0 Å². The molecule has 10 aromatic rings. The highest BCUT2D eigenvalue weighted by Gasteiger charge is 2.51. The molecule has 0 saturated carbocycles. The maximum Gasteiger partial charge on any atom is 0.255 e. The minimum atomic E-state index is -0.871. The first-order valence-electron chi connectivity index (χ1n) is 47.5. The highest BCUT2D eigenvalue weighted by molar-refractivity contribution is 7.14. The number of fused-ring (bicyclic) bond motifs is 2. The van der Waals surface area contributed by atoms with Gasteiger partial charge in [-0.3, -0.25) is 52.7 Å². The van der Waals surface area contributed by atoms with Crippen LogP contribution in [0.3, 0.4) is 0 Å². The second-order valence-electron chi connectivity index (χ2n) is 39.3. The SMILES string of the molecule is Cc1ccsc1-c1ccc(CNC(=O)[C@@H]2C[C@@H](O)CN2C(=O)[C@H](C(C)C)N2Cc3ccccc3C2=O)c(O)c1.Cc1ncsc1-c1ccc(CNC(=O)[C@@H]2C[C@@H](O)CN2C(=O)[C@@H](N)C(C)(C)C)cc1.Cc1ncsc1-c1ccc(CNC(=O)[C@@H]2C[C@@H](O)CN2C(=O)[C@H](C(C)C)N2Cc3ccccc3C2=O)cc1.Cc1ncsc1-c1ccc(CNC(=O)[C@@H]2C[C@@H](O)CN2C(=O)[C@H](C)NC(=O)C2(C)COC2)cc1. The van der Waals surface area contributed by atoms with Crippen LogP contribution in [0.2, 0.25) is 0 Å². The number of nitrogens with one attached hydrogen (secondary N) is 5. The van der Waals surface area contributed by atoms with Crippen LogP contribution in [0.15, 0.2) is 168 Å². The van der Waals surface area contributed by atoms with Gasteiger partial charge in [0.2, 0.25) is 53.2 Å². The number of aliphatic hydroxyl groups is 4. The Balaban J connectivity index is 0.000000150. The molecule has 17 rings (SSSR count). The van der Waals surface area contributed by atoms with Crippen molar-refractivity contribution in [3.05, 3.63) is 235 Å². The monoisotopic (exact) mass is 2000 g/mol. The van der Waals surface area contributed by atoms with Gasteiger partial charge in [-0.2, -0.15) is 0 Å². The second-order valence-corrected chi connectivity index (χ2v) is 42.8. The van der Waals surface area contributed by atoms with Crippen LogP contribution in [0.25, 0.3) is 41.8 Å². The summed E-state index contributed by atoms with van der Waals surface area (Å²) in [5.41, 5.74) is 25.1. The zero-order valence-electron chi connectivity index (χ0n) is 81.4. The first-order chi connectivity index (χ1) is 67.1. The maximum absolute atomic E-state index is 13.8. The molecule has 0 radical (unpaired) electrons. The molecule has 0 aliphatic carbocycles. The predicted molar refractivity (Wildman–Crippen MR) is 539 cm³/mol. The molecule has 11 amide bonds. The minimum absolute atomic E-state index is 0.0230. The molecule has 11 heterocycles. The van der Waals surface area contributed by atoms with Crippen LogP contribution in [0.5, 0.6) is 5.75 Å². The van der Waals surface area contributed by atoms with Crippen LogP contribution < -0.4 is 32.3 Å². The number of phenolic OH excluding ortho intramolecular Hbond substituents is 1. The Morgan fingerprint density at radius 1 is 0.461 bits per heavy atom. The van der Waals surface area contributed by atoms with E-state index in [1.807, 2.05) is 213 Å². The number of aryl methyl sites for hydroxylation is 4. The van der Waals surface area contributed by atoms with Crippen LogP contribution in [-0.4, -0.2) is 247 Å². The molecule has 36 heteroatoms. The summed E-state index contributed by atoms with van der Waals surface area (Å²) in [4.78, 5) is 171. The van der Waals surface area contributed by atoms with E-state index < -0.39 is 95.4 Å². The third-order valence-electron chi connectivity index (χ3n) is 26.9. The van der Waals surface area contributed by atoms with Crippen LogP contribution in [0, 0.1) is 50.4 Å². The summed E-state index contributed by atoms with van der Waals surface area (Å²) in [6, 6.07) is 39.7. The quantitative estimate of drug-likeness (QED) is 0.0240. The lowest BCUT2D eigenvalue weighted by Crippen LogP contribution is -2.58. The number of rotatable bonds is 26. The molecule has 12 N–H and O–H groups in total. The molecule has 6 aromatic carbocycles. The summed E-state index contributed by atoms with van der Waals surface area (Å²) in [6.07, 6.45) is -2.49. The number of hydrogen-bond donors (Lipinski definition) is 11. The molecule has 7 aliphatic rings. The van der Waals surface area contributed by atoms with E-state index in [0.717, 1.165) is 92.2 Å². The predicted octanol–water partition coefficient (Wildman–Crippen LogP) is 10.4. The number of aromatic nitrogens is 3. The van der Waals surface area contributed by atoms with Gasteiger partial charge in [0.15, 0.2) is 0 Å². The Bertz CT molecular complexity index is 6210. The molecule has 12 atom stereocenters. The number of ether oxygens (including phenoxy) is 1. The fraction of sp³-hybridized carbons (Fsp3) is 0.429. The molecule has 32 nitrogen and oxygen atoms in total. The summed E-state index contributed by atoms with van der Waals surface area (Å²) in [5.74, 6) is -3.57. The molecule has 5 fully saturated rings. The van der Waals surface area contributed by atoms with Crippen molar-refractivity contribution in [1.82, 2.24) is 70.9 Å². The summed E-state index contributed by atoms with van der Waals surface area (Å²) in [7, 11) is 0. The second kappa shape index (κ2) is 45.3. The normalized spacial score (nSPS) is 20.3. The summed E-state index contributed by atoms with van der Waals surface area (Å²) < 4.78 is 5.11. The van der Waals surface area contributed by atoms with Crippen LogP contribution in [-0.2, 0) is 87.2 Å². The first-order valence-corrected chi connectivity index (χ1v) is 51.0. The van der Waals surface area contributed by atoms with Crippen molar-refractivity contribution < 1.29 is 83.0 Å². The average Bonchev–Trinajstić information content (AvgIpc) is 1.62. The van der Waals surface area contributed by atoms with Gasteiger partial charge >= 0.3 is 0 Å². The number of amides is 11. The standard InChI is InChI=1S/C30H33N3O5S.C29H32N4O4S.C24H30N4O5S.C22H30N4O3S/c1-17(2)26(33-15-21-6-4-5-7-23(21)29(33)37)30(38)32-16-22(34)13-24(32)28(36)31-14-20-9-8-19(12-25(20)35)27-18(3)10-11-39-27;1-17(2)25(33-14-21-6-4-5-7-23(21)28(33)36)29(37)32-15-22(34)12-24(32)27(35)30-13-19-8-10-20(11-9-19)26-18(3)31-16-38-26;1-14-20(34-13-26-14)17-6-4-16(5-7-17)9-25-21(30)19-8-18(29)10-28(19)22(31)15(2)27-23(32)24(3)11-33-12-24;1-13-18(30-12-25-13)15-7-5-14(6-8-15)10-24-20(28)17-9-16(27)11-26(17)21(29)19(23)22(2,3)4/h4-12,17,22,24,26,34-35H,13-16H2,1-3H3,(H,31,36);4-11,16-17,22,24-25,34H,12-15H2,1-3H3,(H,30,35);4-7,13,15,18-19,29H,8-12H2,1-3H3,(H,25,30)(H,27,32);5-8,12,16-17,19,27H,9-11,23H2,1-4H3,(H,24,28)/t22-,24+,26+;22-,24+,25+;15-,18+,19-;16-,17+,19-/m1101/s1. The van der Waals surface area contributed by atoms with Gasteiger partial charge in [0, 0.05) is 113 Å². The molecule has 5 saturated heterocycles. The largest absolute Gasteiger partial charge is 0.508 e. The van der Waals surface area contributed by atoms with Crippen molar-refractivity contribution in [3.8, 4) is 47.5 Å². The van der Waals surface area contributed by atoms with E-state index in [4.69, 9.17) is 10.5 Å². The van der Waals surface area contributed by atoms with E-state index in [-0.39, 0.29) is 129 Å². The van der Waals surface area contributed by atoms with Crippen molar-refractivity contribution >= 4 is 110 Å². The number of carbonyl (C=O) groups is 11. The van der Waals surface area contributed by atoms with E-state index in [1.165, 1.54) is 19.6 Å². The molecule has 4 aromatic heterocycles. The number of benzene rings is 6. The number of thiophene rings is 1. The number of aliphatic hydroxyl groups excluding tert-OH is 4. The highest BCUT2D eigenvalue weighted by atomic mass is 32.1. The third-order valence-corrected chi connectivity index (χ3v) is 30.9. The highest BCUT2D eigenvalue weighted by Crippen LogP contribution is 2.39. The first kappa shape index (κ1) is 104. The minimum Gasteiger partial charge on any atom is -0.508 e. The Morgan fingerprint density at radius 3 is 1.12 bits per heavy atom. The number of hydrogen-bond acceptors (Lipinski definition) is 25. The number of carbonyl (C=O) groups excluding carboxylic acids is 11. The van der Waals surface area contributed by atoms with Gasteiger partial charge < -0.3 is 92.0 Å². The lowest BCUT2D eigenvalue weighted by atomic mass is 9.86. The molecule has 0 spiro atoms. The van der Waals surface area contributed by atoms with Crippen molar-refractivity contribution in [3.63, 3.8) is 0 Å². The van der Waals surface area contributed by atoms with Crippen LogP contribution >= 0.6 is 45.3 Å². The molecule has 141 heavy (non-hydrogen) atoms. The molecule has 746 valence electrons. The van der Waals surface area contributed by atoms with E-state index in [9.17, 15) is 78.3 Å². The number of β-amino-alcohol motifs (C(OH)–C–C–N with tert-alkyl or cyclic N) is 4. The fourth-order valence-corrected chi connectivity index (χ4v) is 22.1. The number of phenols is 1. The summed E-state index contributed by atoms with van der Waals surface area (Å²) in [6.45, 7) is 27.2. The van der Waals surface area contributed by atoms with Crippen molar-refractivity contribution in [2.75, 3.05) is 39.4 Å². The smallest absolute Gasteiger partial charge is 0.255 e. The Hall–Kier alpha value is -12.4. The molecular formula is C105H125N15O17S4. The number of likely N-dealkylation sites (tertiary alicyclic amines) is 4. The van der Waals surface area contributed by atoms with Gasteiger partial charge in [-0.05, 0) is 144 Å². The van der Waals surface area contributed by atoms with Gasteiger partial charge in [0.05, 0.1) is 97.3 Å². The maximum atomic E-state index is 13.8. The molecular weight excluding hydrogens is 1870 g/mol. The van der Waals surface area contributed by atoms with Gasteiger partial charge in [-0.15, -0.1) is 45.3 Å². The van der Waals surface area contributed by atoms with Gasteiger partial charge in [0.1, 0.15) is 48.0 Å². The van der Waals surface area contributed by atoms with Gasteiger partial charge in [-0.1, -0.05) is 170 Å². The molecule has 0 unspecified atom stereocenters. The lowest BCUT2D eigenvalue weighted by molar-refractivity contribution is -0.160. The van der Waals surface area contributed by atoms with Crippen LogP contribution in [0.1, 0.15) is 165 Å². The van der Waals surface area contributed by atoms with Gasteiger partial charge in [0.25, 0.3) is 11.8 Å². The molecule has 0 bridgehead atoms. The Morgan fingerprint density at radius 2 is 0.809 bits per heavy atom. The Kier molecular flexibility index (Phi) is 33.5. The summed E-state index contributed by atoms with van der Waals surface area (Å²) in [5, 5.41) is 67.9. The van der Waals surface area contributed by atoms with Crippen molar-refractivity contribution in [2.24, 2.45) is 28.4 Å². The van der Waals surface area contributed by atoms with E-state index in [2.05, 4.69) is 41.5 Å². The average molecular weight is 2000 g/mol. The number of thiazole rings is 3. The van der Waals surface area contributed by atoms with E-state index in [0.29, 0.717) is 62.6 Å². The number of nitrogens with two attached hydrogens (primary N) is 1. The van der Waals surface area contributed by atoms with Crippen molar-refractivity contribution in [1.29, 1.82) is 0 Å². The van der Waals surface area contributed by atoms with E-state index in [1.54, 1.807) is 99.3 Å². The lowest BCUT2D eigenvalue weighted by Gasteiger charge is -2.37. The van der Waals surface area contributed by atoms with Crippen molar-refractivity contribution in [2.45, 2.75) is 228 Å². The summed E-state index contributed by atoms with van der Waals surface area (Å²) >= 11 is 6.37.